The molecule has 2 aromatic carbocycles. The molecule has 0 spiro atoms. The number of esters is 1. The first-order chi connectivity index (χ1) is 23.2. The smallest absolute Gasteiger partial charge is 0.380 e. The molecule has 0 bridgehead atoms. The molecule has 3 atom stereocenters. The van der Waals surface area contributed by atoms with Crippen molar-refractivity contribution >= 4 is 36.7 Å². The zero-order valence-electron chi connectivity index (χ0n) is 27.0. The van der Waals surface area contributed by atoms with Crippen LogP contribution in [0.15, 0.2) is 60.7 Å². The van der Waals surface area contributed by atoms with Crippen LogP contribution >= 0.6 is 7.60 Å². The monoisotopic (exact) mass is 680 g/mol. The molecule has 0 saturated carbocycles. The number of hydrogen-bond donors (Lipinski definition) is 3. The third-order valence-electron chi connectivity index (χ3n) is 8.15. The van der Waals surface area contributed by atoms with Crippen LogP contribution in [0.25, 0.3) is 11.4 Å². The number of ether oxygens (including phenoxy) is 2. The normalized spacial score (nSPS) is 18.2. The number of carbonyl (C=O) groups is 3. The van der Waals surface area contributed by atoms with E-state index in [0.29, 0.717) is 62.9 Å². The van der Waals surface area contributed by atoms with Gasteiger partial charge in [0.25, 0.3) is 5.91 Å². The van der Waals surface area contributed by atoms with Crippen molar-refractivity contribution in [1.82, 2.24) is 25.5 Å². The van der Waals surface area contributed by atoms with Gasteiger partial charge in [-0.3, -0.25) is 9.36 Å². The van der Waals surface area contributed by atoms with Crippen LogP contribution in [0.1, 0.15) is 48.3 Å². The Morgan fingerprint density at radius 1 is 1.06 bits per heavy atom. The highest BCUT2D eigenvalue weighted by Crippen LogP contribution is 2.41. The number of anilines is 1. The Hall–Kier alpha value is -4.20. The zero-order valence-corrected chi connectivity index (χ0v) is 27.9. The summed E-state index contributed by atoms with van der Waals surface area (Å²) in [6, 6.07) is 14.8. The molecule has 3 heterocycles. The molecule has 48 heavy (non-hydrogen) atoms. The first-order valence-electron chi connectivity index (χ1n) is 16.0. The fourth-order valence-electron chi connectivity index (χ4n) is 5.39. The van der Waals surface area contributed by atoms with Crippen molar-refractivity contribution in [3.63, 3.8) is 0 Å². The summed E-state index contributed by atoms with van der Waals surface area (Å²) in [5.74, 6) is -0.996. The van der Waals surface area contributed by atoms with Crippen LogP contribution in [0.4, 0.5) is 10.6 Å². The Morgan fingerprint density at radius 3 is 2.54 bits per heavy atom. The first-order valence-corrected chi connectivity index (χ1v) is 17.6. The molecule has 2 amide bonds. The summed E-state index contributed by atoms with van der Waals surface area (Å²) >= 11 is 0. The molecule has 2 aliphatic heterocycles. The second kappa shape index (κ2) is 16.3. The number of carbonyl (C=O) groups excluding carboxylic acids is 3. The lowest BCUT2D eigenvalue weighted by Gasteiger charge is -2.27. The maximum atomic E-state index is 14.0. The number of aromatic nitrogens is 2. The van der Waals surface area contributed by atoms with E-state index in [0.717, 1.165) is 12.8 Å². The Morgan fingerprint density at radius 2 is 1.83 bits per heavy atom. The second-order valence-corrected chi connectivity index (χ2v) is 13.3. The number of methoxy groups -OCH3 is 1. The van der Waals surface area contributed by atoms with Crippen molar-refractivity contribution in [3.8, 4) is 11.4 Å². The molecule has 15 heteroatoms. The van der Waals surface area contributed by atoms with Gasteiger partial charge < -0.3 is 39.3 Å². The SMILES string of the molecule is CCCCOP(=O)(O)c1cccc(C(NC(=O)c2cc(N3CCC(OC)C3)nc(-c3ccccc3)n2)C(=O)OC(=O)N2CCNCC2)c1. The van der Waals surface area contributed by atoms with E-state index in [4.69, 9.17) is 19.0 Å². The van der Waals surface area contributed by atoms with Crippen LogP contribution in [0.3, 0.4) is 0 Å². The number of amides is 2. The summed E-state index contributed by atoms with van der Waals surface area (Å²) in [6.07, 6.45) is 1.28. The number of nitrogens with one attached hydrogen (secondary N) is 2. The number of hydrogen-bond acceptors (Lipinski definition) is 11. The van der Waals surface area contributed by atoms with E-state index in [2.05, 4.69) is 15.6 Å². The summed E-state index contributed by atoms with van der Waals surface area (Å²) in [7, 11) is -2.61. The van der Waals surface area contributed by atoms with E-state index in [9.17, 15) is 23.8 Å². The highest BCUT2D eigenvalue weighted by molar-refractivity contribution is 7.61. The molecule has 5 rings (SSSR count). The summed E-state index contributed by atoms with van der Waals surface area (Å²) in [5.41, 5.74) is 0.771. The van der Waals surface area contributed by atoms with E-state index in [1.807, 2.05) is 42.2 Å². The molecule has 3 aromatic rings. The third kappa shape index (κ3) is 8.82. The quantitative estimate of drug-likeness (QED) is 0.111. The van der Waals surface area contributed by atoms with E-state index in [1.54, 1.807) is 7.11 Å². The van der Waals surface area contributed by atoms with Gasteiger partial charge in [0.2, 0.25) is 0 Å². The van der Waals surface area contributed by atoms with Crippen LogP contribution in [0.5, 0.6) is 0 Å². The lowest BCUT2D eigenvalue weighted by atomic mass is 10.1. The van der Waals surface area contributed by atoms with Crippen molar-refractivity contribution in [1.29, 1.82) is 0 Å². The van der Waals surface area contributed by atoms with Gasteiger partial charge >= 0.3 is 19.7 Å². The van der Waals surface area contributed by atoms with Gasteiger partial charge in [0.15, 0.2) is 11.9 Å². The van der Waals surface area contributed by atoms with Gasteiger partial charge in [-0.05, 0) is 30.5 Å². The highest BCUT2D eigenvalue weighted by atomic mass is 31.2. The zero-order chi connectivity index (χ0) is 34.1. The van der Waals surface area contributed by atoms with E-state index in [-0.39, 0.29) is 29.3 Å². The molecular weight excluding hydrogens is 639 g/mol. The Kier molecular flexibility index (Phi) is 11.9. The third-order valence-corrected chi connectivity index (χ3v) is 9.61. The minimum Gasteiger partial charge on any atom is -0.380 e. The van der Waals surface area contributed by atoms with Crippen LogP contribution in [0.2, 0.25) is 0 Å². The predicted octanol–water partition coefficient (Wildman–Crippen LogP) is 3.04. The Bertz CT molecular complexity index is 1640. The molecule has 3 unspecified atom stereocenters. The van der Waals surface area contributed by atoms with Crippen molar-refractivity contribution < 1.29 is 37.8 Å². The summed E-state index contributed by atoms with van der Waals surface area (Å²) in [4.78, 5) is 63.9. The lowest BCUT2D eigenvalue weighted by Crippen LogP contribution is -2.48. The van der Waals surface area contributed by atoms with Gasteiger partial charge in [-0.15, -0.1) is 0 Å². The Balaban J connectivity index is 1.48. The molecule has 3 N–H and O–H groups in total. The molecule has 1 aromatic heterocycles. The maximum absolute atomic E-state index is 14.0. The highest BCUT2D eigenvalue weighted by Gasteiger charge is 2.33. The molecule has 2 fully saturated rings. The number of unbranched alkanes of at least 4 members (excludes halogenated alkanes) is 1. The first kappa shape index (κ1) is 35.1. The molecule has 256 valence electrons. The average Bonchev–Trinajstić information content (AvgIpc) is 3.61. The van der Waals surface area contributed by atoms with E-state index in [1.165, 1.54) is 35.2 Å². The van der Waals surface area contributed by atoms with Crippen molar-refractivity contribution in [2.24, 2.45) is 0 Å². The predicted molar refractivity (Wildman–Crippen MR) is 178 cm³/mol. The van der Waals surface area contributed by atoms with Gasteiger partial charge in [0.1, 0.15) is 11.5 Å². The van der Waals surface area contributed by atoms with Gasteiger partial charge in [-0.25, -0.2) is 19.6 Å². The standard InChI is InChI=1S/C33H41N6O8P/c1-3-4-19-46-48(43,44)26-12-8-11-24(20-26)29(32(41)47-33(42)38-17-14-34-15-18-38)37-31(40)27-21-28(39-16-13-25(22-39)45-2)36-30(35-27)23-9-6-5-7-10-23/h5-12,20-21,25,29,34H,3-4,13-19,22H2,1-2H3,(H,37,40)(H,43,44). The van der Waals surface area contributed by atoms with E-state index >= 15 is 0 Å². The Labute approximate surface area is 279 Å². The van der Waals surface area contributed by atoms with Crippen LogP contribution in [-0.4, -0.2) is 96.8 Å². The number of benzene rings is 2. The molecule has 0 aliphatic carbocycles. The number of rotatable bonds is 12. The van der Waals surface area contributed by atoms with Gasteiger partial charge in [0.05, 0.1) is 18.0 Å². The van der Waals surface area contributed by atoms with Crippen LogP contribution < -0.4 is 20.8 Å². The molecule has 2 saturated heterocycles. The van der Waals surface area contributed by atoms with Crippen molar-refractivity contribution in [2.45, 2.75) is 38.3 Å². The maximum Gasteiger partial charge on any atom is 0.417 e. The second-order valence-electron chi connectivity index (χ2n) is 11.5. The number of piperazine rings is 1. The molecule has 14 nitrogen and oxygen atoms in total. The van der Waals surface area contributed by atoms with E-state index < -0.39 is 31.6 Å². The fraction of sp³-hybridized carbons (Fsp3) is 0.424. The van der Waals surface area contributed by atoms with Crippen molar-refractivity contribution in [2.75, 3.05) is 57.9 Å². The lowest BCUT2D eigenvalue weighted by molar-refractivity contribution is -0.140. The summed E-state index contributed by atoms with van der Waals surface area (Å²) in [6.45, 7) is 4.98. The van der Waals surface area contributed by atoms with Gasteiger partial charge in [-0.1, -0.05) is 55.8 Å². The number of nitrogens with zero attached hydrogens (tertiary/aromatic N) is 4. The topological polar surface area (TPSA) is 173 Å². The largest absolute Gasteiger partial charge is 0.417 e. The molecule has 0 radical (unpaired) electrons. The summed E-state index contributed by atoms with van der Waals surface area (Å²) in [5, 5.41) is 5.71. The van der Waals surface area contributed by atoms with Crippen molar-refractivity contribution in [3.05, 3.63) is 71.9 Å². The average molecular weight is 681 g/mol. The van der Waals surface area contributed by atoms with Crippen LogP contribution in [0, 0.1) is 0 Å². The summed E-state index contributed by atoms with van der Waals surface area (Å²) < 4.78 is 29.1. The minimum atomic E-state index is -4.26. The van der Waals surface area contributed by atoms with Crippen LogP contribution in [-0.2, 0) is 23.4 Å². The fourth-order valence-corrected chi connectivity index (χ4v) is 6.50. The van der Waals surface area contributed by atoms with Gasteiger partial charge in [-0.2, -0.15) is 0 Å². The molecule has 2 aliphatic rings. The van der Waals surface area contributed by atoms with Gasteiger partial charge in [0, 0.05) is 58.0 Å². The minimum absolute atomic E-state index is 0.00511. The molecular formula is C33H41N6O8P.